The lowest BCUT2D eigenvalue weighted by atomic mass is 10.0. The highest BCUT2D eigenvalue weighted by Crippen LogP contribution is 2.23. The first kappa shape index (κ1) is 29.9. The molecular weight excluding hydrogens is 510 g/mol. The van der Waals surface area contributed by atoms with Crippen molar-refractivity contribution in [1.82, 2.24) is 10.2 Å². The minimum absolute atomic E-state index is 0.167. The van der Waals surface area contributed by atoms with Crippen LogP contribution in [0.5, 0.6) is 0 Å². The summed E-state index contributed by atoms with van der Waals surface area (Å²) < 4.78 is 26.9. The quantitative estimate of drug-likeness (QED) is 0.334. The van der Waals surface area contributed by atoms with Gasteiger partial charge in [-0.05, 0) is 41.2 Å². The smallest absolute Gasteiger partial charge is 0.244 e. The number of benzene rings is 3. The molecule has 1 unspecified atom stereocenters. The van der Waals surface area contributed by atoms with E-state index >= 15 is 0 Å². The van der Waals surface area contributed by atoms with E-state index in [1.165, 1.54) is 4.90 Å². The normalized spacial score (nSPS) is 12.1. The van der Waals surface area contributed by atoms with Gasteiger partial charge in [-0.3, -0.25) is 13.9 Å². The number of carbonyl (C=O) groups excluding carboxylic acids is 2. The average molecular weight is 550 g/mol. The van der Waals surface area contributed by atoms with Gasteiger partial charge in [0, 0.05) is 19.5 Å². The second-order valence-corrected chi connectivity index (χ2v) is 11.9. The van der Waals surface area contributed by atoms with E-state index in [0.29, 0.717) is 18.7 Å². The molecule has 0 spiro atoms. The van der Waals surface area contributed by atoms with E-state index in [9.17, 15) is 18.0 Å². The van der Waals surface area contributed by atoms with E-state index in [-0.39, 0.29) is 18.4 Å². The molecule has 0 aliphatic rings. The monoisotopic (exact) mass is 549 g/mol. The van der Waals surface area contributed by atoms with Gasteiger partial charge in [-0.2, -0.15) is 0 Å². The van der Waals surface area contributed by atoms with E-state index in [0.717, 1.165) is 33.7 Å². The first-order valence-electron chi connectivity index (χ1n) is 13.3. The van der Waals surface area contributed by atoms with Gasteiger partial charge in [0.2, 0.25) is 21.8 Å². The van der Waals surface area contributed by atoms with Gasteiger partial charge in [0.1, 0.15) is 12.6 Å². The van der Waals surface area contributed by atoms with Crippen molar-refractivity contribution in [3.63, 3.8) is 0 Å². The fourth-order valence-corrected chi connectivity index (χ4v) is 5.19. The first-order chi connectivity index (χ1) is 18.6. The summed E-state index contributed by atoms with van der Waals surface area (Å²) in [6.45, 7) is 6.32. The predicted octanol–water partition coefficient (Wildman–Crippen LogP) is 4.74. The molecule has 0 saturated carbocycles. The molecule has 0 aromatic heterocycles. The molecular formula is C31H39N3O4S. The molecule has 0 bridgehead atoms. The van der Waals surface area contributed by atoms with Gasteiger partial charge < -0.3 is 10.2 Å². The Hall–Kier alpha value is -3.65. The summed E-state index contributed by atoms with van der Waals surface area (Å²) in [5.41, 5.74) is 3.23. The fourth-order valence-electron chi connectivity index (χ4n) is 4.34. The van der Waals surface area contributed by atoms with Crippen LogP contribution >= 0.6 is 0 Å². The number of anilines is 1. The van der Waals surface area contributed by atoms with Crippen LogP contribution < -0.4 is 9.62 Å². The van der Waals surface area contributed by atoms with Crippen molar-refractivity contribution in [2.75, 3.05) is 23.7 Å². The van der Waals surface area contributed by atoms with Crippen LogP contribution in [-0.4, -0.2) is 50.5 Å². The Bertz CT molecular complexity index is 1310. The number of carbonyl (C=O) groups is 2. The maximum Gasteiger partial charge on any atom is 0.244 e. The molecule has 7 nitrogen and oxygen atoms in total. The van der Waals surface area contributed by atoms with E-state index in [1.807, 2.05) is 79.7 Å². The lowest BCUT2D eigenvalue weighted by Crippen LogP contribution is -2.53. The zero-order valence-electron chi connectivity index (χ0n) is 23.2. The maximum atomic E-state index is 14.0. The number of amides is 2. The fraction of sp³-hybridized carbons (Fsp3) is 0.355. The van der Waals surface area contributed by atoms with Crippen LogP contribution in [0.2, 0.25) is 0 Å². The van der Waals surface area contributed by atoms with Crippen LogP contribution in [0.1, 0.15) is 49.8 Å². The molecule has 208 valence electrons. The first-order valence-corrected chi connectivity index (χ1v) is 15.2. The van der Waals surface area contributed by atoms with Gasteiger partial charge in [0.05, 0.1) is 11.9 Å². The molecule has 1 N–H and O–H groups in total. The number of rotatable bonds is 13. The highest BCUT2D eigenvalue weighted by Gasteiger charge is 2.32. The van der Waals surface area contributed by atoms with Gasteiger partial charge in [0.25, 0.3) is 0 Å². The molecule has 3 aromatic rings. The van der Waals surface area contributed by atoms with Crippen LogP contribution in [0.25, 0.3) is 0 Å². The SMILES string of the molecule is CCCNC(=O)C(Cc1ccccc1)N(Cc1ccccc1)C(=O)CN(c1ccc(C(C)C)cc1)S(C)(=O)=O. The average Bonchev–Trinajstić information content (AvgIpc) is 2.92. The summed E-state index contributed by atoms with van der Waals surface area (Å²) in [6, 6.07) is 25.3. The summed E-state index contributed by atoms with van der Waals surface area (Å²) in [4.78, 5) is 29.0. The molecule has 2 amide bonds. The molecule has 0 aliphatic heterocycles. The Morgan fingerprint density at radius 1 is 0.846 bits per heavy atom. The Morgan fingerprint density at radius 2 is 1.41 bits per heavy atom. The summed E-state index contributed by atoms with van der Waals surface area (Å²) in [6.07, 6.45) is 2.15. The van der Waals surface area contributed by atoms with Crippen molar-refractivity contribution >= 4 is 27.5 Å². The van der Waals surface area contributed by atoms with Crippen molar-refractivity contribution in [2.24, 2.45) is 0 Å². The zero-order chi connectivity index (χ0) is 28.4. The van der Waals surface area contributed by atoms with E-state index in [4.69, 9.17) is 0 Å². The topological polar surface area (TPSA) is 86.8 Å². The van der Waals surface area contributed by atoms with Gasteiger partial charge in [-0.1, -0.05) is 93.6 Å². The number of hydrogen-bond donors (Lipinski definition) is 1. The number of hydrogen-bond acceptors (Lipinski definition) is 4. The van der Waals surface area contributed by atoms with E-state index in [1.54, 1.807) is 12.1 Å². The summed E-state index contributed by atoms with van der Waals surface area (Å²) in [5, 5.41) is 2.94. The lowest BCUT2D eigenvalue weighted by molar-refractivity contribution is -0.140. The van der Waals surface area contributed by atoms with Gasteiger partial charge >= 0.3 is 0 Å². The minimum atomic E-state index is -3.79. The molecule has 0 saturated heterocycles. The van der Waals surface area contributed by atoms with Gasteiger partial charge in [0.15, 0.2) is 0 Å². The van der Waals surface area contributed by atoms with Crippen LogP contribution in [-0.2, 0) is 32.6 Å². The molecule has 3 aromatic carbocycles. The molecule has 0 heterocycles. The van der Waals surface area contributed by atoms with Crippen LogP contribution in [0, 0.1) is 0 Å². The molecule has 39 heavy (non-hydrogen) atoms. The number of nitrogens with one attached hydrogen (secondary N) is 1. The van der Waals surface area contributed by atoms with Gasteiger partial charge in [-0.25, -0.2) is 8.42 Å². The molecule has 8 heteroatoms. The zero-order valence-corrected chi connectivity index (χ0v) is 24.0. The second kappa shape index (κ2) is 13.9. The molecule has 0 aliphatic carbocycles. The highest BCUT2D eigenvalue weighted by atomic mass is 32.2. The molecule has 0 radical (unpaired) electrons. The second-order valence-electron chi connectivity index (χ2n) is 10.0. The van der Waals surface area contributed by atoms with E-state index in [2.05, 4.69) is 19.2 Å². The third kappa shape index (κ3) is 8.68. The van der Waals surface area contributed by atoms with Crippen LogP contribution in [0.3, 0.4) is 0 Å². The Morgan fingerprint density at radius 3 is 1.92 bits per heavy atom. The number of nitrogens with zero attached hydrogens (tertiary/aromatic N) is 2. The van der Waals surface area contributed by atoms with E-state index < -0.39 is 28.5 Å². The van der Waals surface area contributed by atoms with Gasteiger partial charge in [-0.15, -0.1) is 0 Å². The maximum absolute atomic E-state index is 14.0. The summed E-state index contributed by atoms with van der Waals surface area (Å²) >= 11 is 0. The summed E-state index contributed by atoms with van der Waals surface area (Å²) in [7, 11) is -3.79. The third-order valence-electron chi connectivity index (χ3n) is 6.54. The largest absolute Gasteiger partial charge is 0.354 e. The van der Waals surface area contributed by atoms with Crippen LogP contribution in [0.15, 0.2) is 84.9 Å². The van der Waals surface area contributed by atoms with Crippen molar-refractivity contribution in [3.05, 3.63) is 102 Å². The van der Waals surface area contributed by atoms with Crippen LogP contribution in [0.4, 0.5) is 5.69 Å². The van der Waals surface area contributed by atoms with Crippen molar-refractivity contribution < 1.29 is 18.0 Å². The Balaban J connectivity index is 2.00. The third-order valence-corrected chi connectivity index (χ3v) is 7.68. The lowest BCUT2D eigenvalue weighted by Gasteiger charge is -2.33. The van der Waals surface area contributed by atoms with Crippen molar-refractivity contribution in [3.8, 4) is 0 Å². The summed E-state index contributed by atoms with van der Waals surface area (Å²) in [5.74, 6) is -0.434. The Kier molecular flexibility index (Phi) is 10.7. The Labute approximate surface area is 232 Å². The number of sulfonamides is 1. The highest BCUT2D eigenvalue weighted by molar-refractivity contribution is 7.92. The minimum Gasteiger partial charge on any atom is -0.354 e. The van der Waals surface area contributed by atoms with Crippen molar-refractivity contribution in [2.45, 2.75) is 52.1 Å². The molecule has 1 atom stereocenters. The molecule has 3 rings (SSSR count). The predicted molar refractivity (Wildman–Crippen MR) is 157 cm³/mol. The van der Waals surface area contributed by atoms with Crippen molar-refractivity contribution in [1.29, 1.82) is 0 Å². The standard InChI is InChI=1S/C31H39N3O4S/c1-5-20-32-31(36)29(21-25-12-8-6-9-13-25)33(22-26-14-10-7-11-15-26)30(35)23-34(39(4,37)38)28-18-16-27(17-19-28)24(2)3/h6-19,24,29H,5,20-23H2,1-4H3,(H,32,36). The molecule has 0 fully saturated rings.